The lowest BCUT2D eigenvalue weighted by atomic mass is 9.84. The molecule has 1 unspecified atom stereocenters. The largest absolute Gasteiger partial charge is 0.461 e. The highest BCUT2D eigenvalue weighted by Crippen LogP contribution is 2.36. The highest BCUT2D eigenvalue weighted by Gasteiger charge is 2.32. The van der Waals surface area contributed by atoms with Crippen LogP contribution in [0.3, 0.4) is 0 Å². The molecule has 0 bridgehead atoms. The van der Waals surface area contributed by atoms with Crippen LogP contribution < -0.4 is 0 Å². The van der Waals surface area contributed by atoms with Crippen LogP contribution in [-0.4, -0.2) is 23.3 Å². The zero-order chi connectivity index (χ0) is 16.4. The van der Waals surface area contributed by atoms with Gasteiger partial charge in [0.15, 0.2) is 5.78 Å². The van der Waals surface area contributed by atoms with Crippen LogP contribution in [0.15, 0.2) is 17.5 Å². The highest BCUT2D eigenvalue weighted by molar-refractivity contribution is 7.10. The Bertz CT molecular complexity index is 715. The molecule has 1 atom stereocenters. The highest BCUT2D eigenvalue weighted by atomic mass is 32.1. The first-order valence-electron chi connectivity index (χ1n) is 8.07. The molecule has 122 valence electrons. The van der Waals surface area contributed by atoms with Crippen molar-refractivity contribution in [3.05, 3.63) is 44.9 Å². The number of hydrogen-bond donors (Lipinski definition) is 1. The third-order valence-corrected chi connectivity index (χ3v) is 5.40. The van der Waals surface area contributed by atoms with Crippen LogP contribution in [0.25, 0.3) is 0 Å². The lowest BCUT2D eigenvalue weighted by Gasteiger charge is -2.20. The Morgan fingerprint density at radius 3 is 2.96 bits per heavy atom. The second-order valence-corrected chi connectivity index (χ2v) is 6.99. The number of nitrogens with one attached hydrogen (secondary N) is 1. The molecule has 5 heteroatoms. The van der Waals surface area contributed by atoms with Crippen molar-refractivity contribution in [3.63, 3.8) is 0 Å². The molecule has 0 aromatic carbocycles. The fourth-order valence-corrected chi connectivity index (χ4v) is 3.97. The molecular formula is C18H21NO3S. The molecule has 0 amide bonds. The summed E-state index contributed by atoms with van der Waals surface area (Å²) in [6.45, 7) is 4.30. The number of hydrogen-bond acceptors (Lipinski definition) is 4. The smallest absolute Gasteiger partial charge is 0.355 e. The molecule has 23 heavy (non-hydrogen) atoms. The van der Waals surface area contributed by atoms with E-state index < -0.39 is 0 Å². The van der Waals surface area contributed by atoms with Gasteiger partial charge in [0, 0.05) is 28.5 Å². The minimum Gasteiger partial charge on any atom is -0.461 e. The van der Waals surface area contributed by atoms with Crippen LogP contribution in [0.4, 0.5) is 0 Å². The summed E-state index contributed by atoms with van der Waals surface area (Å²) in [4.78, 5) is 29.1. The number of ketones is 1. The number of rotatable bonds is 5. The van der Waals surface area contributed by atoms with Crippen molar-refractivity contribution in [1.82, 2.24) is 4.98 Å². The number of aromatic amines is 1. The number of unbranched alkanes of at least 4 members (excludes halogenated alkanes) is 1. The van der Waals surface area contributed by atoms with E-state index >= 15 is 0 Å². The van der Waals surface area contributed by atoms with Gasteiger partial charge in [-0.25, -0.2) is 4.79 Å². The molecule has 1 N–H and O–H groups in total. The number of H-pyrrole nitrogens is 1. The van der Waals surface area contributed by atoms with Crippen molar-refractivity contribution >= 4 is 23.1 Å². The van der Waals surface area contributed by atoms with Crippen LogP contribution in [0.2, 0.25) is 0 Å². The van der Waals surface area contributed by atoms with E-state index in [1.807, 2.05) is 18.4 Å². The van der Waals surface area contributed by atoms with Gasteiger partial charge < -0.3 is 9.72 Å². The fraction of sp³-hybridized carbons (Fsp3) is 0.444. The summed E-state index contributed by atoms with van der Waals surface area (Å²) in [6, 6.07) is 4.08. The summed E-state index contributed by atoms with van der Waals surface area (Å²) >= 11 is 1.68. The minimum absolute atomic E-state index is 0.117. The molecular weight excluding hydrogens is 310 g/mol. The average Bonchev–Trinajstić information content (AvgIpc) is 3.15. The fourth-order valence-electron chi connectivity index (χ4n) is 3.14. The van der Waals surface area contributed by atoms with Gasteiger partial charge in [0.2, 0.25) is 0 Å². The van der Waals surface area contributed by atoms with Gasteiger partial charge >= 0.3 is 5.97 Å². The first kappa shape index (κ1) is 16.0. The Kier molecular flexibility index (Phi) is 4.66. The topological polar surface area (TPSA) is 59.2 Å². The molecule has 2 aromatic rings. The number of esters is 1. The van der Waals surface area contributed by atoms with Gasteiger partial charge in [-0.3, -0.25) is 4.79 Å². The Morgan fingerprint density at radius 2 is 2.26 bits per heavy atom. The number of aromatic nitrogens is 1. The van der Waals surface area contributed by atoms with E-state index in [1.54, 1.807) is 11.3 Å². The van der Waals surface area contributed by atoms with Crippen LogP contribution in [0, 0.1) is 6.92 Å². The predicted molar refractivity (Wildman–Crippen MR) is 90.4 cm³/mol. The molecule has 4 nitrogen and oxygen atoms in total. The van der Waals surface area contributed by atoms with E-state index in [4.69, 9.17) is 4.74 Å². The summed E-state index contributed by atoms with van der Waals surface area (Å²) < 4.78 is 5.28. The first-order valence-corrected chi connectivity index (χ1v) is 8.95. The molecule has 2 heterocycles. The molecule has 0 radical (unpaired) electrons. The Morgan fingerprint density at radius 1 is 1.43 bits per heavy atom. The van der Waals surface area contributed by atoms with Gasteiger partial charge in [-0.1, -0.05) is 19.4 Å². The second kappa shape index (κ2) is 6.71. The minimum atomic E-state index is -0.356. The van der Waals surface area contributed by atoms with Gasteiger partial charge in [0.05, 0.1) is 6.61 Å². The second-order valence-electron chi connectivity index (χ2n) is 6.01. The summed E-state index contributed by atoms with van der Waals surface area (Å²) in [7, 11) is 0. The van der Waals surface area contributed by atoms with Crippen LogP contribution in [-0.2, 0) is 11.2 Å². The van der Waals surface area contributed by atoms with Crippen LogP contribution in [0.5, 0.6) is 0 Å². The molecule has 0 fully saturated rings. The molecule has 0 aliphatic heterocycles. The van der Waals surface area contributed by atoms with Crippen LogP contribution >= 0.6 is 11.3 Å². The predicted octanol–water partition coefficient (Wildman–Crippen LogP) is 4.25. The third-order valence-electron chi connectivity index (χ3n) is 4.37. The van der Waals surface area contributed by atoms with Gasteiger partial charge in [-0.2, -0.15) is 0 Å². The van der Waals surface area contributed by atoms with Crippen molar-refractivity contribution in [2.75, 3.05) is 6.61 Å². The number of thiophene rings is 1. The van der Waals surface area contributed by atoms with E-state index in [-0.39, 0.29) is 17.7 Å². The maximum absolute atomic E-state index is 12.5. The Labute approximate surface area is 139 Å². The zero-order valence-corrected chi connectivity index (χ0v) is 14.3. The summed E-state index contributed by atoms with van der Waals surface area (Å²) in [6.07, 6.45) is 3.11. The quantitative estimate of drug-likeness (QED) is 0.658. The maximum Gasteiger partial charge on any atom is 0.355 e. The SMILES string of the molecule is CCCCOC(=O)c1[nH]c2c(c1C)C(=O)CC(c1cccs1)C2. The van der Waals surface area contributed by atoms with E-state index in [0.717, 1.165) is 30.5 Å². The molecule has 2 aromatic heterocycles. The standard InChI is InChI=1S/C18H21NO3S/c1-3-4-7-22-18(21)17-11(2)16-13(19-17)9-12(10-14(16)20)15-6-5-8-23-15/h5-6,8,12,19H,3-4,7,9-10H2,1-2H3. The molecule has 3 rings (SSSR count). The Hall–Kier alpha value is -1.88. The van der Waals surface area contributed by atoms with E-state index in [0.29, 0.717) is 24.3 Å². The lowest BCUT2D eigenvalue weighted by molar-refractivity contribution is 0.0492. The van der Waals surface area contributed by atoms with E-state index in [9.17, 15) is 9.59 Å². The normalized spacial score (nSPS) is 17.1. The van der Waals surface area contributed by atoms with Crippen molar-refractivity contribution in [2.45, 2.75) is 45.4 Å². The van der Waals surface area contributed by atoms with Gasteiger partial charge in [0.1, 0.15) is 5.69 Å². The van der Waals surface area contributed by atoms with Crippen molar-refractivity contribution in [2.24, 2.45) is 0 Å². The lowest BCUT2D eigenvalue weighted by Crippen LogP contribution is -2.17. The zero-order valence-electron chi connectivity index (χ0n) is 13.5. The number of Topliss-reactive ketones (excluding diaryl/α,β-unsaturated/α-hetero) is 1. The number of fused-ring (bicyclic) bond motifs is 1. The van der Waals surface area contributed by atoms with Gasteiger partial charge in [-0.05, 0) is 36.8 Å². The summed E-state index contributed by atoms with van der Waals surface area (Å²) in [5.74, 6) is -0.0335. The third kappa shape index (κ3) is 3.11. The molecule has 0 saturated heterocycles. The Balaban J connectivity index is 1.84. The summed E-state index contributed by atoms with van der Waals surface area (Å²) in [5, 5.41) is 2.03. The maximum atomic E-state index is 12.5. The molecule has 1 aliphatic carbocycles. The number of carbonyl (C=O) groups excluding carboxylic acids is 2. The van der Waals surface area contributed by atoms with E-state index in [2.05, 4.69) is 18.0 Å². The van der Waals surface area contributed by atoms with Crippen LogP contribution in [0.1, 0.15) is 69.1 Å². The number of carbonyl (C=O) groups is 2. The first-order chi connectivity index (χ1) is 11.1. The molecule has 1 aliphatic rings. The van der Waals surface area contributed by atoms with Crippen molar-refractivity contribution in [1.29, 1.82) is 0 Å². The van der Waals surface area contributed by atoms with E-state index in [1.165, 1.54) is 4.88 Å². The molecule has 0 spiro atoms. The van der Waals surface area contributed by atoms with Gasteiger partial charge in [0.25, 0.3) is 0 Å². The van der Waals surface area contributed by atoms with Crippen molar-refractivity contribution < 1.29 is 14.3 Å². The molecule has 0 saturated carbocycles. The van der Waals surface area contributed by atoms with Crippen molar-refractivity contribution in [3.8, 4) is 0 Å². The monoisotopic (exact) mass is 331 g/mol. The summed E-state index contributed by atoms with van der Waals surface area (Å²) in [5.41, 5.74) is 2.74. The number of ether oxygens (including phenoxy) is 1. The average molecular weight is 331 g/mol. The van der Waals surface area contributed by atoms with Gasteiger partial charge in [-0.15, -0.1) is 11.3 Å².